The van der Waals surface area contributed by atoms with E-state index >= 15 is 0 Å². The molecule has 2 unspecified atom stereocenters. The molecular weight excluding hydrogens is 242 g/mol. The first-order chi connectivity index (χ1) is 9.31. The number of methoxy groups -OCH3 is 1. The summed E-state index contributed by atoms with van der Waals surface area (Å²) in [6, 6.07) is 8.20. The van der Waals surface area contributed by atoms with E-state index in [1.54, 1.807) is 7.11 Å². The van der Waals surface area contributed by atoms with Gasteiger partial charge in [-0.3, -0.25) is 4.99 Å². The summed E-state index contributed by atoms with van der Waals surface area (Å²) in [6.07, 6.45) is 1.07. The number of para-hydroxylation sites is 2. The molecule has 102 valence electrons. The highest BCUT2D eigenvalue weighted by Gasteiger charge is 2.36. The van der Waals surface area contributed by atoms with Gasteiger partial charge in [-0.15, -0.1) is 0 Å². The normalized spacial score (nSPS) is 26.6. The Labute approximate surface area is 113 Å². The fraction of sp³-hybridized carbons (Fsp3) is 0.500. The molecule has 2 aliphatic rings. The van der Waals surface area contributed by atoms with Gasteiger partial charge < -0.3 is 20.1 Å². The number of ether oxygens (including phenoxy) is 2. The number of benzene rings is 1. The molecule has 2 atom stereocenters. The van der Waals surface area contributed by atoms with Crippen LogP contribution in [0.1, 0.15) is 6.42 Å². The van der Waals surface area contributed by atoms with E-state index in [1.807, 2.05) is 24.3 Å². The molecule has 0 bridgehead atoms. The monoisotopic (exact) mass is 261 g/mol. The van der Waals surface area contributed by atoms with Gasteiger partial charge in [-0.25, -0.2) is 0 Å². The highest BCUT2D eigenvalue weighted by atomic mass is 16.5. The van der Waals surface area contributed by atoms with Crippen LogP contribution in [-0.2, 0) is 4.74 Å². The van der Waals surface area contributed by atoms with Crippen molar-refractivity contribution in [3.05, 3.63) is 24.3 Å². The minimum absolute atomic E-state index is 0.277. The van der Waals surface area contributed by atoms with Crippen LogP contribution in [0.4, 0.5) is 5.69 Å². The molecule has 5 heteroatoms. The maximum atomic E-state index is 6.07. The van der Waals surface area contributed by atoms with Gasteiger partial charge in [0.1, 0.15) is 5.75 Å². The maximum Gasteiger partial charge on any atom is 0.196 e. The van der Waals surface area contributed by atoms with Crippen molar-refractivity contribution >= 4 is 11.6 Å². The molecule has 5 nitrogen and oxygen atoms in total. The number of nitrogens with two attached hydrogens (primary N) is 1. The molecule has 2 heterocycles. The standard InChI is InChI=1S/C14H19N3O2/c1-18-13-5-3-2-4-11(13)17-12(8-16-14(17)15)10-6-7-19-9-10/h2-5,10,12H,6-9H2,1H3,(H2,15,16). The SMILES string of the molecule is COc1ccccc1N1C(N)=NCC1C1CCOC1. The Kier molecular flexibility index (Phi) is 3.29. The molecule has 1 fully saturated rings. The second-order valence-electron chi connectivity index (χ2n) is 4.93. The Morgan fingerprint density at radius 3 is 3.00 bits per heavy atom. The Hall–Kier alpha value is -1.75. The van der Waals surface area contributed by atoms with Crippen LogP contribution in [0.25, 0.3) is 0 Å². The van der Waals surface area contributed by atoms with E-state index in [0.29, 0.717) is 11.9 Å². The summed E-state index contributed by atoms with van der Waals surface area (Å²) < 4.78 is 10.9. The van der Waals surface area contributed by atoms with Crippen LogP contribution in [-0.4, -0.2) is 38.9 Å². The molecule has 3 rings (SSSR count). The largest absolute Gasteiger partial charge is 0.495 e. The lowest BCUT2D eigenvalue weighted by Crippen LogP contribution is -2.45. The van der Waals surface area contributed by atoms with E-state index < -0.39 is 0 Å². The molecule has 1 aromatic rings. The zero-order valence-corrected chi connectivity index (χ0v) is 11.1. The van der Waals surface area contributed by atoms with Gasteiger partial charge >= 0.3 is 0 Å². The molecule has 0 saturated carbocycles. The predicted octanol–water partition coefficient (Wildman–Crippen LogP) is 1.24. The van der Waals surface area contributed by atoms with Gasteiger partial charge in [-0.1, -0.05) is 12.1 Å². The summed E-state index contributed by atoms with van der Waals surface area (Å²) in [5.41, 5.74) is 7.06. The highest BCUT2D eigenvalue weighted by molar-refractivity contribution is 5.98. The minimum Gasteiger partial charge on any atom is -0.495 e. The summed E-state index contributed by atoms with van der Waals surface area (Å²) in [5.74, 6) is 1.88. The molecule has 2 N–H and O–H groups in total. The first kappa shape index (κ1) is 12.3. The highest BCUT2D eigenvalue weighted by Crippen LogP contribution is 2.34. The molecule has 1 saturated heterocycles. The van der Waals surface area contributed by atoms with Crippen LogP contribution in [0.5, 0.6) is 5.75 Å². The van der Waals surface area contributed by atoms with Gasteiger partial charge in [0.2, 0.25) is 0 Å². The Morgan fingerprint density at radius 1 is 1.42 bits per heavy atom. The summed E-state index contributed by atoms with van der Waals surface area (Å²) in [7, 11) is 1.68. The zero-order chi connectivity index (χ0) is 13.2. The van der Waals surface area contributed by atoms with E-state index in [0.717, 1.165) is 37.6 Å². The van der Waals surface area contributed by atoms with Gasteiger partial charge in [0.05, 0.1) is 32.0 Å². The third-order valence-corrected chi connectivity index (χ3v) is 3.87. The Morgan fingerprint density at radius 2 is 2.26 bits per heavy atom. The van der Waals surface area contributed by atoms with E-state index in [9.17, 15) is 0 Å². The average Bonchev–Trinajstić information content (AvgIpc) is 3.07. The third kappa shape index (κ3) is 2.14. The van der Waals surface area contributed by atoms with Crippen molar-refractivity contribution < 1.29 is 9.47 Å². The predicted molar refractivity (Wildman–Crippen MR) is 74.7 cm³/mol. The van der Waals surface area contributed by atoms with Gasteiger partial charge in [0.25, 0.3) is 0 Å². The average molecular weight is 261 g/mol. The fourth-order valence-electron chi connectivity index (χ4n) is 2.86. The molecular formula is C14H19N3O2. The quantitative estimate of drug-likeness (QED) is 0.889. The first-order valence-electron chi connectivity index (χ1n) is 6.61. The number of rotatable bonds is 3. The second kappa shape index (κ2) is 5.09. The summed E-state index contributed by atoms with van der Waals surface area (Å²) in [5, 5.41) is 0. The minimum atomic E-state index is 0.277. The van der Waals surface area contributed by atoms with E-state index in [1.165, 1.54) is 0 Å². The molecule has 2 aliphatic heterocycles. The van der Waals surface area contributed by atoms with Crippen LogP contribution >= 0.6 is 0 Å². The van der Waals surface area contributed by atoms with Crippen LogP contribution < -0.4 is 15.4 Å². The van der Waals surface area contributed by atoms with Crippen LogP contribution in [0.15, 0.2) is 29.3 Å². The number of anilines is 1. The van der Waals surface area contributed by atoms with Crippen molar-refractivity contribution in [2.24, 2.45) is 16.6 Å². The second-order valence-corrected chi connectivity index (χ2v) is 4.93. The van der Waals surface area contributed by atoms with Gasteiger partial charge in [0, 0.05) is 12.5 Å². The van der Waals surface area contributed by atoms with E-state index in [-0.39, 0.29) is 6.04 Å². The van der Waals surface area contributed by atoms with Crippen molar-refractivity contribution in [1.29, 1.82) is 0 Å². The molecule has 0 amide bonds. The molecule has 1 aromatic carbocycles. The first-order valence-corrected chi connectivity index (χ1v) is 6.61. The maximum absolute atomic E-state index is 6.07. The van der Waals surface area contributed by atoms with Gasteiger partial charge in [-0.2, -0.15) is 0 Å². The zero-order valence-electron chi connectivity index (χ0n) is 11.1. The fourth-order valence-corrected chi connectivity index (χ4v) is 2.86. The molecule has 0 aromatic heterocycles. The smallest absolute Gasteiger partial charge is 0.196 e. The van der Waals surface area contributed by atoms with Crippen molar-refractivity contribution in [3.8, 4) is 5.75 Å². The Bertz CT molecular complexity index is 483. The third-order valence-electron chi connectivity index (χ3n) is 3.87. The number of guanidine groups is 1. The van der Waals surface area contributed by atoms with Crippen LogP contribution in [0, 0.1) is 5.92 Å². The van der Waals surface area contributed by atoms with Crippen molar-refractivity contribution in [2.75, 3.05) is 31.8 Å². The lowest BCUT2D eigenvalue weighted by Gasteiger charge is -2.30. The lowest BCUT2D eigenvalue weighted by molar-refractivity contribution is 0.182. The van der Waals surface area contributed by atoms with E-state index in [4.69, 9.17) is 15.2 Å². The topological polar surface area (TPSA) is 60.1 Å². The summed E-state index contributed by atoms with van der Waals surface area (Å²) >= 11 is 0. The number of hydrogen-bond donors (Lipinski definition) is 1. The summed E-state index contributed by atoms with van der Waals surface area (Å²) in [4.78, 5) is 6.50. The molecule has 0 aliphatic carbocycles. The van der Waals surface area contributed by atoms with Crippen LogP contribution in [0.3, 0.4) is 0 Å². The lowest BCUT2D eigenvalue weighted by atomic mass is 9.98. The molecule has 19 heavy (non-hydrogen) atoms. The van der Waals surface area contributed by atoms with Gasteiger partial charge in [-0.05, 0) is 18.6 Å². The number of aliphatic imine (C=N–C) groups is 1. The van der Waals surface area contributed by atoms with Gasteiger partial charge in [0.15, 0.2) is 5.96 Å². The van der Waals surface area contributed by atoms with Crippen LogP contribution in [0.2, 0.25) is 0 Å². The molecule has 0 spiro atoms. The number of nitrogens with zero attached hydrogens (tertiary/aromatic N) is 2. The summed E-state index contributed by atoms with van der Waals surface area (Å²) in [6.45, 7) is 2.36. The Balaban J connectivity index is 1.93. The van der Waals surface area contributed by atoms with Crippen molar-refractivity contribution in [3.63, 3.8) is 0 Å². The number of hydrogen-bond acceptors (Lipinski definition) is 5. The molecule has 0 radical (unpaired) electrons. The van der Waals surface area contributed by atoms with E-state index in [2.05, 4.69) is 9.89 Å². The van der Waals surface area contributed by atoms with Crippen molar-refractivity contribution in [2.45, 2.75) is 12.5 Å². The van der Waals surface area contributed by atoms with Crippen molar-refractivity contribution in [1.82, 2.24) is 0 Å².